The van der Waals surface area contributed by atoms with Crippen LogP contribution >= 0.6 is 38.9 Å². The third kappa shape index (κ3) is 2.84. The van der Waals surface area contributed by atoms with Crippen molar-refractivity contribution in [2.45, 2.75) is 13.0 Å². The van der Waals surface area contributed by atoms with Crippen LogP contribution in [0.3, 0.4) is 0 Å². The van der Waals surface area contributed by atoms with Crippen molar-refractivity contribution in [3.05, 3.63) is 50.4 Å². The van der Waals surface area contributed by atoms with E-state index in [9.17, 15) is 8.78 Å². The van der Waals surface area contributed by atoms with Crippen LogP contribution in [0, 0.1) is 11.6 Å². The zero-order valence-electron chi connectivity index (χ0n) is 10.7. The second-order valence-electron chi connectivity index (χ2n) is 4.49. The number of benzene rings is 1. The number of thiophene rings is 1. The molecule has 0 aliphatic heterocycles. The number of halogens is 4. The minimum absolute atomic E-state index is 0.194. The highest BCUT2D eigenvalue weighted by Crippen LogP contribution is 2.27. The average molecular weight is 392 g/mol. The van der Waals surface area contributed by atoms with Gasteiger partial charge in [0.25, 0.3) is 0 Å². The van der Waals surface area contributed by atoms with Crippen LogP contribution in [-0.4, -0.2) is 15.4 Å². The van der Waals surface area contributed by atoms with Gasteiger partial charge in [0.15, 0.2) is 11.6 Å². The summed E-state index contributed by atoms with van der Waals surface area (Å²) in [5.41, 5.74) is 0.643. The lowest BCUT2D eigenvalue weighted by molar-refractivity contribution is 0.512. The molecule has 0 fully saturated rings. The molecule has 3 rings (SSSR count). The molecule has 3 aromatic rings. The number of imidazole rings is 1. The molecule has 0 aliphatic rings. The molecule has 7 heteroatoms. The van der Waals surface area contributed by atoms with Crippen molar-refractivity contribution < 1.29 is 8.78 Å². The first kappa shape index (κ1) is 14.9. The Hall–Kier alpha value is -0.980. The standard InChI is InChI=1S/C14H10BrClF2N2S/c15-11-4-1-8(21-11)7-20-12(5-6-16)19-10-3-2-9(17)13(18)14(10)20/h1-4H,5-7H2. The molecular weight excluding hydrogens is 382 g/mol. The summed E-state index contributed by atoms with van der Waals surface area (Å²) in [6.45, 7) is 0.444. The zero-order valence-corrected chi connectivity index (χ0v) is 13.9. The van der Waals surface area contributed by atoms with Gasteiger partial charge in [-0.15, -0.1) is 22.9 Å². The lowest BCUT2D eigenvalue weighted by atomic mass is 10.3. The number of nitrogens with zero attached hydrogens (tertiary/aromatic N) is 2. The zero-order chi connectivity index (χ0) is 15.0. The number of hydrogen-bond donors (Lipinski definition) is 0. The number of rotatable bonds is 4. The molecule has 0 atom stereocenters. The van der Waals surface area contributed by atoms with E-state index in [1.807, 2.05) is 12.1 Å². The van der Waals surface area contributed by atoms with Crippen molar-refractivity contribution in [2.75, 3.05) is 5.88 Å². The maximum atomic E-state index is 14.1. The Morgan fingerprint density at radius 2 is 2.05 bits per heavy atom. The van der Waals surface area contributed by atoms with Gasteiger partial charge in [0.2, 0.25) is 0 Å². The largest absolute Gasteiger partial charge is 0.320 e. The quantitative estimate of drug-likeness (QED) is 0.574. The van der Waals surface area contributed by atoms with Gasteiger partial charge >= 0.3 is 0 Å². The van der Waals surface area contributed by atoms with Gasteiger partial charge < -0.3 is 4.57 Å². The molecule has 0 saturated heterocycles. The molecule has 0 radical (unpaired) electrons. The van der Waals surface area contributed by atoms with Gasteiger partial charge in [-0.3, -0.25) is 0 Å². The van der Waals surface area contributed by atoms with E-state index in [-0.39, 0.29) is 5.52 Å². The van der Waals surface area contributed by atoms with E-state index in [1.54, 1.807) is 15.9 Å². The van der Waals surface area contributed by atoms with Crippen LogP contribution in [-0.2, 0) is 13.0 Å². The highest BCUT2D eigenvalue weighted by Gasteiger charge is 2.17. The Labute approximate surface area is 137 Å². The van der Waals surface area contributed by atoms with Crippen LogP contribution in [0.2, 0.25) is 0 Å². The molecule has 21 heavy (non-hydrogen) atoms. The summed E-state index contributed by atoms with van der Waals surface area (Å²) in [5.74, 6) is -0.694. The topological polar surface area (TPSA) is 17.8 Å². The van der Waals surface area contributed by atoms with Crippen molar-refractivity contribution in [3.8, 4) is 0 Å². The fraction of sp³-hybridized carbons (Fsp3) is 0.214. The van der Waals surface area contributed by atoms with E-state index in [0.29, 0.717) is 30.2 Å². The number of fused-ring (bicyclic) bond motifs is 1. The molecule has 1 aromatic carbocycles. The summed E-state index contributed by atoms with van der Waals surface area (Å²) >= 11 is 10.7. The molecule has 0 amide bonds. The first-order valence-electron chi connectivity index (χ1n) is 6.23. The van der Waals surface area contributed by atoms with Gasteiger partial charge in [-0.05, 0) is 40.2 Å². The first-order valence-corrected chi connectivity index (χ1v) is 8.38. The van der Waals surface area contributed by atoms with E-state index in [2.05, 4.69) is 20.9 Å². The number of alkyl halides is 1. The smallest absolute Gasteiger partial charge is 0.184 e. The molecule has 2 aromatic heterocycles. The summed E-state index contributed by atoms with van der Waals surface area (Å²) in [7, 11) is 0. The summed E-state index contributed by atoms with van der Waals surface area (Å²) in [6.07, 6.45) is 0.504. The van der Waals surface area contributed by atoms with E-state index >= 15 is 0 Å². The van der Waals surface area contributed by atoms with Crippen molar-refractivity contribution >= 4 is 49.9 Å². The van der Waals surface area contributed by atoms with Gasteiger partial charge in [-0.25, -0.2) is 13.8 Å². The van der Waals surface area contributed by atoms with E-state index < -0.39 is 11.6 Å². The number of aromatic nitrogens is 2. The molecule has 0 unspecified atom stereocenters. The van der Waals surface area contributed by atoms with Crippen LogP contribution < -0.4 is 0 Å². The Bertz CT molecular complexity index is 800. The molecule has 110 valence electrons. The predicted molar refractivity (Wildman–Crippen MR) is 85.2 cm³/mol. The predicted octanol–water partition coefficient (Wildman–Crippen LogP) is 4.97. The van der Waals surface area contributed by atoms with Crippen molar-refractivity contribution in [1.82, 2.24) is 9.55 Å². The molecular formula is C14H10BrClF2N2S. The minimum Gasteiger partial charge on any atom is -0.320 e. The van der Waals surface area contributed by atoms with E-state index in [4.69, 9.17) is 11.6 Å². The average Bonchev–Trinajstić information content (AvgIpc) is 3.00. The number of hydrogen-bond acceptors (Lipinski definition) is 2. The third-order valence-electron chi connectivity index (χ3n) is 3.14. The van der Waals surface area contributed by atoms with Crippen LogP contribution in [0.15, 0.2) is 28.1 Å². The number of aryl methyl sites for hydroxylation is 1. The van der Waals surface area contributed by atoms with Crippen LogP contribution in [0.5, 0.6) is 0 Å². The molecule has 0 bridgehead atoms. The second kappa shape index (κ2) is 6.02. The highest BCUT2D eigenvalue weighted by atomic mass is 79.9. The maximum absolute atomic E-state index is 14.1. The van der Waals surface area contributed by atoms with Gasteiger partial charge in [0.1, 0.15) is 11.3 Å². The van der Waals surface area contributed by atoms with Gasteiger partial charge in [0.05, 0.1) is 15.8 Å². The van der Waals surface area contributed by atoms with Gasteiger partial charge in [-0.2, -0.15) is 0 Å². The Morgan fingerprint density at radius 1 is 1.24 bits per heavy atom. The highest BCUT2D eigenvalue weighted by molar-refractivity contribution is 9.11. The normalized spacial score (nSPS) is 11.4. The molecule has 0 saturated carbocycles. The fourth-order valence-electron chi connectivity index (χ4n) is 2.24. The van der Waals surface area contributed by atoms with Crippen LogP contribution in [0.25, 0.3) is 11.0 Å². The van der Waals surface area contributed by atoms with Gasteiger partial charge in [0, 0.05) is 17.2 Å². The minimum atomic E-state index is -0.867. The van der Waals surface area contributed by atoms with Crippen LogP contribution in [0.4, 0.5) is 8.78 Å². The van der Waals surface area contributed by atoms with Gasteiger partial charge in [-0.1, -0.05) is 0 Å². The van der Waals surface area contributed by atoms with Crippen molar-refractivity contribution in [3.63, 3.8) is 0 Å². The Balaban J connectivity index is 2.16. The summed E-state index contributed by atoms with van der Waals surface area (Å²) in [6, 6.07) is 6.47. The molecule has 2 nitrogen and oxygen atoms in total. The molecule has 0 aliphatic carbocycles. The lowest BCUT2D eigenvalue weighted by Crippen LogP contribution is -2.06. The summed E-state index contributed by atoms with van der Waals surface area (Å²) in [4.78, 5) is 5.40. The summed E-state index contributed by atoms with van der Waals surface area (Å²) < 4.78 is 30.4. The van der Waals surface area contributed by atoms with Crippen molar-refractivity contribution in [1.29, 1.82) is 0 Å². The third-order valence-corrected chi connectivity index (χ3v) is 4.94. The Morgan fingerprint density at radius 3 is 2.71 bits per heavy atom. The molecule has 0 N–H and O–H groups in total. The first-order chi connectivity index (χ1) is 10.1. The van der Waals surface area contributed by atoms with Crippen LogP contribution in [0.1, 0.15) is 10.7 Å². The second-order valence-corrected chi connectivity index (χ2v) is 7.41. The fourth-order valence-corrected chi connectivity index (χ4v) is 3.88. The van der Waals surface area contributed by atoms with E-state index in [0.717, 1.165) is 14.7 Å². The maximum Gasteiger partial charge on any atom is 0.184 e. The molecule has 0 spiro atoms. The molecule has 2 heterocycles. The van der Waals surface area contributed by atoms with Crippen molar-refractivity contribution in [2.24, 2.45) is 0 Å². The SMILES string of the molecule is Fc1ccc2nc(CCCl)n(Cc3ccc(Br)s3)c2c1F. The van der Waals surface area contributed by atoms with E-state index in [1.165, 1.54) is 6.07 Å². The summed E-state index contributed by atoms with van der Waals surface area (Å²) in [5, 5.41) is 0. The Kier molecular flexibility index (Phi) is 4.28. The monoisotopic (exact) mass is 390 g/mol. The lowest BCUT2D eigenvalue weighted by Gasteiger charge is -2.07.